The van der Waals surface area contributed by atoms with Crippen LogP contribution in [0, 0.1) is 0 Å². The molecule has 2 aliphatic heterocycles. The van der Waals surface area contributed by atoms with Crippen LogP contribution in [0.2, 0.25) is 0 Å². The highest BCUT2D eigenvalue weighted by atomic mass is 31.2. The van der Waals surface area contributed by atoms with Crippen LogP contribution in [0.5, 0.6) is 69.0 Å². The second kappa shape index (κ2) is 30.4. The van der Waals surface area contributed by atoms with Crippen LogP contribution in [-0.4, -0.2) is 0 Å². The molecule has 8 aromatic rings. The van der Waals surface area contributed by atoms with Crippen molar-refractivity contribution < 1.29 is 54.3 Å². The average Bonchev–Trinajstić information content (AvgIpc) is 0.954. The first kappa shape index (κ1) is 69.9. The van der Waals surface area contributed by atoms with Crippen molar-refractivity contribution >= 4 is 34.4 Å². The molecule has 0 radical (unpaired) electrons. The molecule has 0 fully saturated rings. The molecule has 16 heteroatoms. The van der Waals surface area contributed by atoms with Gasteiger partial charge in [-0.2, -0.15) is 0 Å². The van der Waals surface area contributed by atoms with Crippen LogP contribution in [0.15, 0.2) is 146 Å². The van der Waals surface area contributed by atoms with Gasteiger partial charge in [-0.25, -0.2) is 0 Å². The molecule has 0 amide bonds. The maximum Gasteiger partial charge on any atom is 0.530 e. The van der Waals surface area contributed by atoms with E-state index < -0.39 is 34.4 Å². The van der Waals surface area contributed by atoms with Crippen molar-refractivity contribution in [2.75, 3.05) is 0 Å². The Balaban J connectivity index is 1.26. The zero-order valence-electron chi connectivity index (χ0n) is 58.3. The molecule has 10 rings (SSSR count). The van der Waals surface area contributed by atoms with Crippen LogP contribution in [-0.2, 0) is 0 Å². The van der Waals surface area contributed by atoms with Gasteiger partial charge in [-0.3, -0.25) is 0 Å². The molecule has 0 atom stereocenters. The molecule has 0 bridgehead atoms. The Kier molecular flexibility index (Phi) is 22.6. The maximum atomic E-state index is 7.65. The first-order valence-electron chi connectivity index (χ1n) is 33.3. The SMILES string of the molecule is CC(C)c1ccc(OP(Oc2ccc(C(C)C)cc2C(C)C)Oc2ccc(C(C)C)c(OP3Oc4ccccc4O3)c2-c2c(OP(Oc3ccc(C(C)C)cc3C(C)C)Oc3ccc(C(C)C)cc3C(C)C)ccc(C(C)C)c2OP2Oc3ccccc3O2)c(C(C)C)c1. The Morgan fingerprint density at radius 3 is 0.702 bits per heavy atom. The van der Waals surface area contributed by atoms with E-state index in [0.29, 0.717) is 80.1 Å². The number of rotatable bonds is 27. The van der Waals surface area contributed by atoms with E-state index in [1.54, 1.807) is 0 Å². The quantitative estimate of drug-likeness (QED) is 0.0457. The summed E-state index contributed by atoms with van der Waals surface area (Å²) in [6, 6.07) is 48.7. The number of fused-ring (bicyclic) bond motifs is 2. The number of hydrogen-bond acceptors (Lipinski definition) is 12. The van der Waals surface area contributed by atoms with E-state index in [-0.39, 0.29) is 59.2 Å². The fourth-order valence-electron chi connectivity index (χ4n) is 11.1. The lowest BCUT2D eigenvalue weighted by Gasteiger charge is -2.29. The summed E-state index contributed by atoms with van der Waals surface area (Å²) in [5.41, 5.74) is 11.3. The van der Waals surface area contributed by atoms with Crippen molar-refractivity contribution in [2.45, 2.75) is 198 Å². The van der Waals surface area contributed by atoms with Gasteiger partial charge in [0.2, 0.25) is 0 Å². The molecular formula is C78H94O12P4. The first-order valence-corrected chi connectivity index (χ1v) is 37.6. The van der Waals surface area contributed by atoms with Crippen LogP contribution in [0.1, 0.15) is 253 Å². The highest BCUT2D eigenvalue weighted by Crippen LogP contribution is 2.64. The summed E-state index contributed by atoms with van der Waals surface area (Å²) in [6.45, 7) is 43.5. The van der Waals surface area contributed by atoms with E-state index in [2.05, 4.69) is 187 Å². The monoisotopic (exact) mass is 1350 g/mol. The summed E-state index contributed by atoms with van der Waals surface area (Å²) < 4.78 is 85.7. The number of benzene rings is 8. The molecule has 94 heavy (non-hydrogen) atoms. The van der Waals surface area contributed by atoms with Gasteiger partial charge in [-0.05, 0) is 175 Å². The summed E-state index contributed by atoms with van der Waals surface area (Å²) >= 11 is 0. The third kappa shape index (κ3) is 16.1. The minimum absolute atomic E-state index is 0.0842. The third-order valence-corrected chi connectivity index (χ3v) is 21.0. The van der Waals surface area contributed by atoms with Gasteiger partial charge in [0, 0.05) is 0 Å². The van der Waals surface area contributed by atoms with E-state index in [0.717, 1.165) is 33.4 Å². The summed E-state index contributed by atoms with van der Waals surface area (Å²) in [6.07, 6.45) is 0. The average molecular weight is 1350 g/mol. The van der Waals surface area contributed by atoms with Gasteiger partial charge in [-0.15, -0.1) is 0 Å². The van der Waals surface area contributed by atoms with Crippen LogP contribution < -0.4 is 54.3 Å². The van der Waals surface area contributed by atoms with E-state index in [1.807, 2.05) is 97.1 Å². The molecule has 12 nitrogen and oxygen atoms in total. The van der Waals surface area contributed by atoms with Gasteiger partial charge >= 0.3 is 34.4 Å². The fraction of sp³-hybridized carbons (Fsp3) is 0.385. The second-order valence-corrected chi connectivity index (χ2v) is 31.3. The molecule has 2 aliphatic rings. The lowest BCUT2D eigenvalue weighted by Crippen LogP contribution is -2.11. The Bertz CT molecular complexity index is 3500. The van der Waals surface area contributed by atoms with E-state index in [4.69, 9.17) is 54.3 Å². The molecule has 0 spiro atoms. The molecule has 0 saturated carbocycles. The minimum atomic E-state index is -2.41. The third-order valence-electron chi connectivity index (χ3n) is 16.8. The van der Waals surface area contributed by atoms with Gasteiger partial charge < -0.3 is 54.3 Å². The molecule has 498 valence electrons. The summed E-state index contributed by atoms with van der Waals surface area (Å²) in [5, 5.41) is 0. The molecule has 8 aromatic carbocycles. The molecular weight excluding hydrogens is 1250 g/mol. The predicted molar refractivity (Wildman–Crippen MR) is 387 cm³/mol. The standard InChI is InChI=1S/C78H94O12P4/c1-45(2)55-29-35-65(61(41-55)51(13)14)79-91(80-66-36-30-56(46(3)4)42-62(66)52(15)16)87-73-39-33-59(49(9)10)77(89-93-83-69-25-21-22-26-70(69)84-93)75(73)76-74(40-34-60(50(11)12)78(76)90-94-85-71-27-23-24-28-72(71)86-94)88-92(81-67-37-31-57(47(5)6)43-63(67)53(17)18)82-68-38-32-58(48(7)8)44-64(68)54(19)20/h21-54H,1-20H3. The Labute approximate surface area is 564 Å². The maximum absolute atomic E-state index is 7.65. The minimum Gasteiger partial charge on any atom is -0.408 e. The summed E-state index contributed by atoms with van der Waals surface area (Å²) in [7, 11) is -9.08. The van der Waals surface area contributed by atoms with Crippen molar-refractivity contribution in [1.29, 1.82) is 0 Å². The molecule has 0 unspecified atom stereocenters. The lowest BCUT2D eigenvalue weighted by molar-refractivity contribution is 0.378. The van der Waals surface area contributed by atoms with Gasteiger partial charge in [-0.1, -0.05) is 223 Å². The molecule has 0 aliphatic carbocycles. The fourth-order valence-corrected chi connectivity index (χ4v) is 15.4. The van der Waals surface area contributed by atoms with Crippen molar-refractivity contribution in [2.24, 2.45) is 0 Å². The number of hydrogen-bond donors (Lipinski definition) is 0. The number of para-hydroxylation sites is 4. The van der Waals surface area contributed by atoms with E-state index in [9.17, 15) is 0 Å². The van der Waals surface area contributed by atoms with Crippen molar-refractivity contribution in [3.63, 3.8) is 0 Å². The Morgan fingerprint density at radius 1 is 0.255 bits per heavy atom. The van der Waals surface area contributed by atoms with Crippen molar-refractivity contribution in [3.8, 4) is 80.1 Å². The van der Waals surface area contributed by atoms with Crippen LogP contribution in [0.3, 0.4) is 0 Å². The first-order chi connectivity index (χ1) is 44.8. The molecule has 0 N–H and O–H groups in total. The molecule has 2 heterocycles. The topological polar surface area (TPSA) is 111 Å². The normalized spacial score (nSPS) is 13.2. The smallest absolute Gasteiger partial charge is 0.408 e. The van der Waals surface area contributed by atoms with Gasteiger partial charge in [0.05, 0.1) is 11.1 Å². The Hall–Kier alpha value is -6.92. The Morgan fingerprint density at radius 2 is 0.479 bits per heavy atom. The van der Waals surface area contributed by atoms with Crippen LogP contribution in [0.4, 0.5) is 0 Å². The zero-order chi connectivity index (χ0) is 67.4. The highest BCUT2D eigenvalue weighted by molar-refractivity contribution is 7.44. The second-order valence-electron chi connectivity index (χ2n) is 27.3. The summed E-state index contributed by atoms with van der Waals surface area (Å²) in [5.74, 6) is 7.37. The van der Waals surface area contributed by atoms with Gasteiger partial charge in [0.15, 0.2) is 23.0 Å². The van der Waals surface area contributed by atoms with Gasteiger partial charge in [0.1, 0.15) is 46.0 Å². The summed E-state index contributed by atoms with van der Waals surface area (Å²) in [4.78, 5) is 0. The van der Waals surface area contributed by atoms with Crippen molar-refractivity contribution in [3.05, 3.63) is 201 Å². The molecule has 0 saturated heterocycles. The highest BCUT2D eigenvalue weighted by Gasteiger charge is 2.40. The lowest BCUT2D eigenvalue weighted by atomic mass is 9.90. The van der Waals surface area contributed by atoms with Crippen molar-refractivity contribution in [1.82, 2.24) is 0 Å². The largest absolute Gasteiger partial charge is 0.530 e. The van der Waals surface area contributed by atoms with Gasteiger partial charge in [0.25, 0.3) is 0 Å². The van der Waals surface area contributed by atoms with E-state index >= 15 is 0 Å². The van der Waals surface area contributed by atoms with Crippen LogP contribution >= 0.6 is 34.4 Å². The van der Waals surface area contributed by atoms with Crippen LogP contribution in [0.25, 0.3) is 11.1 Å². The predicted octanol–water partition coefficient (Wildman–Crippen LogP) is 26.3. The molecule has 0 aromatic heterocycles. The zero-order valence-corrected chi connectivity index (χ0v) is 61.9. The van der Waals surface area contributed by atoms with E-state index in [1.165, 1.54) is 22.3 Å².